The summed E-state index contributed by atoms with van der Waals surface area (Å²) in [6, 6.07) is 4.01. The lowest BCUT2D eigenvalue weighted by Crippen LogP contribution is -1.95. The van der Waals surface area contributed by atoms with Crippen LogP contribution < -0.4 is 5.32 Å². The predicted molar refractivity (Wildman–Crippen MR) is 78.2 cm³/mol. The Kier molecular flexibility index (Phi) is 2.64. The molecule has 0 unspecified atom stereocenters. The van der Waals surface area contributed by atoms with Crippen LogP contribution in [0.4, 0.5) is 10.9 Å². The third kappa shape index (κ3) is 1.92. The topological polar surface area (TPSA) is 92.3 Å². The van der Waals surface area contributed by atoms with Crippen molar-refractivity contribution in [3.8, 4) is 9.88 Å². The summed E-state index contributed by atoms with van der Waals surface area (Å²) in [4.78, 5) is 16.5. The highest BCUT2D eigenvalue weighted by Gasteiger charge is 2.11. The molecule has 20 heavy (non-hydrogen) atoms. The molecule has 0 saturated carbocycles. The van der Waals surface area contributed by atoms with E-state index >= 15 is 0 Å². The zero-order valence-corrected chi connectivity index (χ0v) is 11.6. The first-order valence-electron chi connectivity index (χ1n) is 5.68. The highest BCUT2D eigenvalue weighted by atomic mass is 32.1. The Bertz CT molecular complexity index is 849. The third-order valence-corrected chi connectivity index (χ3v) is 4.48. The minimum atomic E-state index is 0.616. The third-order valence-electron chi connectivity index (χ3n) is 2.61. The van der Waals surface area contributed by atoms with Crippen LogP contribution in [0.2, 0.25) is 0 Å². The smallest absolute Gasteiger partial charge is 0.211 e. The van der Waals surface area contributed by atoms with Gasteiger partial charge in [-0.1, -0.05) is 17.4 Å². The standard InChI is InChI=1S/C11H7N7S2/c1-2-6(19-3-1)10-17-18-11(20-10)16-9-7-8(13-4-12-7)14-5-15-9/h1-5H,(H2,12,13,14,15,16,18). The molecular formula is C11H7N7S2. The molecule has 0 bridgehead atoms. The van der Waals surface area contributed by atoms with E-state index in [0.717, 1.165) is 15.4 Å². The maximum absolute atomic E-state index is 4.19. The number of anilines is 2. The lowest BCUT2D eigenvalue weighted by molar-refractivity contribution is 1.09. The second-order valence-electron chi connectivity index (χ2n) is 3.84. The second kappa shape index (κ2) is 4.62. The fourth-order valence-corrected chi connectivity index (χ4v) is 3.27. The molecule has 0 aliphatic heterocycles. The minimum Gasteiger partial charge on any atom is -0.340 e. The zero-order chi connectivity index (χ0) is 13.4. The number of aromatic nitrogens is 6. The normalized spacial score (nSPS) is 11.0. The number of nitrogens with one attached hydrogen (secondary N) is 2. The van der Waals surface area contributed by atoms with Crippen molar-refractivity contribution in [3.05, 3.63) is 30.2 Å². The summed E-state index contributed by atoms with van der Waals surface area (Å²) in [5.74, 6) is 0.640. The van der Waals surface area contributed by atoms with E-state index in [0.29, 0.717) is 16.6 Å². The van der Waals surface area contributed by atoms with Gasteiger partial charge in [-0.15, -0.1) is 21.5 Å². The van der Waals surface area contributed by atoms with E-state index < -0.39 is 0 Å². The maximum atomic E-state index is 4.19. The molecule has 0 saturated heterocycles. The van der Waals surface area contributed by atoms with E-state index in [1.54, 1.807) is 17.7 Å². The first-order chi connectivity index (χ1) is 9.90. The van der Waals surface area contributed by atoms with Crippen molar-refractivity contribution in [2.45, 2.75) is 0 Å². The van der Waals surface area contributed by atoms with Crippen LogP contribution in [0.1, 0.15) is 0 Å². The van der Waals surface area contributed by atoms with Crippen LogP contribution in [0.25, 0.3) is 21.0 Å². The molecule has 0 atom stereocenters. The first kappa shape index (κ1) is 11.4. The summed E-state index contributed by atoms with van der Waals surface area (Å²) >= 11 is 3.12. The van der Waals surface area contributed by atoms with Crippen LogP contribution in [0.15, 0.2) is 30.2 Å². The van der Waals surface area contributed by atoms with Crippen molar-refractivity contribution in [1.29, 1.82) is 0 Å². The van der Waals surface area contributed by atoms with Crippen LogP contribution in [-0.2, 0) is 0 Å². The Morgan fingerprint density at radius 1 is 1.15 bits per heavy atom. The van der Waals surface area contributed by atoms with Gasteiger partial charge in [0.25, 0.3) is 0 Å². The largest absolute Gasteiger partial charge is 0.340 e. The molecule has 4 aromatic heterocycles. The van der Waals surface area contributed by atoms with Gasteiger partial charge in [-0.3, -0.25) is 0 Å². The number of fused-ring (bicyclic) bond motifs is 1. The zero-order valence-electron chi connectivity index (χ0n) is 9.94. The van der Waals surface area contributed by atoms with E-state index in [1.807, 2.05) is 17.5 Å². The number of rotatable bonds is 3. The van der Waals surface area contributed by atoms with E-state index in [1.165, 1.54) is 17.7 Å². The number of aromatic amines is 1. The first-order valence-corrected chi connectivity index (χ1v) is 7.38. The number of hydrogen-bond acceptors (Lipinski definition) is 8. The van der Waals surface area contributed by atoms with Gasteiger partial charge >= 0.3 is 0 Å². The van der Waals surface area contributed by atoms with E-state index in [-0.39, 0.29) is 0 Å². The molecule has 0 aromatic carbocycles. The molecule has 4 aromatic rings. The molecule has 4 rings (SSSR count). The van der Waals surface area contributed by atoms with Crippen LogP contribution in [-0.4, -0.2) is 30.1 Å². The quantitative estimate of drug-likeness (QED) is 0.604. The Hall–Kier alpha value is -2.39. The molecule has 9 heteroatoms. The molecule has 4 heterocycles. The maximum Gasteiger partial charge on any atom is 0.211 e. The number of thiophene rings is 1. The summed E-state index contributed by atoms with van der Waals surface area (Å²) in [5.41, 5.74) is 1.37. The molecule has 0 amide bonds. The Balaban J connectivity index is 1.68. The molecule has 0 fully saturated rings. The lowest BCUT2D eigenvalue weighted by Gasteiger charge is -2.00. The average molecular weight is 301 g/mol. The summed E-state index contributed by atoms with van der Waals surface area (Å²) < 4.78 is 0. The molecule has 0 radical (unpaired) electrons. The van der Waals surface area contributed by atoms with Crippen molar-refractivity contribution in [1.82, 2.24) is 30.1 Å². The van der Waals surface area contributed by atoms with Crippen LogP contribution in [0.5, 0.6) is 0 Å². The van der Waals surface area contributed by atoms with E-state index in [9.17, 15) is 0 Å². The predicted octanol–water partition coefficient (Wildman–Crippen LogP) is 2.68. The van der Waals surface area contributed by atoms with Crippen molar-refractivity contribution >= 4 is 44.8 Å². The molecule has 0 aliphatic carbocycles. The number of nitrogens with zero attached hydrogens (tertiary/aromatic N) is 5. The van der Waals surface area contributed by atoms with Gasteiger partial charge in [0.05, 0.1) is 11.2 Å². The van der Waals surface area contributed by atoms with Crippen LogP contribution >= 0.6 is 22.7 Å². The Morgan fingerprint density at radius 3 is 3.05 bits per heavy atom. The highest BCUT2D eigenvalue weighted by molar-refractivity contribution is 7.22. The van der Waals surface area contributed by atoms with Gasteiger partial charge in [-0.05, 0) is 11.4 Å². The second-order valence-corrected chi connectivity index (χ2v) is 5.76. The summed E-state index contributed by atoms with van der Waals surface area (Å²) in [7, 11) is 0. The van der Waals surface area contributed by atoms with Gasteiger partial charge in [0.1, 0.15) is 11.8 Å². The Labute approximate surface area is 120 Å². The Morgan fingerprint density at radius 2 is 2.15 bits per heavy atom. The molecule has 0 aliphatic rings. The fraction of sp³-hybridized carbons (Fsp3) is 0. The molecular weight excluding hydrogens is 294 g/mol. The number of hydrogen-bond donors (Lipinski definition) is 2. The molecule has 0 spiro atoms. The summed E-state index contributed by atoms with van der Waals surface area (Å²) in [5, 5.41) is 15.0. The van der Waals surface area contributed by atoms with Gasteiger partial charge in [0.15, 0.2) is 16.5 Å². The monoisotopic (exact) mass is 301 g/mol. The summed E-state index contributed by atoms with van der Waals surface area (Å²) in [6.07, 6.45) is 3.05. The van der Waals surface area contributed by atoms with Gasteiger partial charge < -0.3 is 10.3 Å². The molecule has 7 nitrogen and oxygen atoms in total. The fourth-order valence-electron chi connectivity index (χ4n) is 1.73. The van der Waals surface area contributed by atoms with Crippen molar-refractivity contribution in [2.24, 2.45) is 0 Å². The molecule has 98 valence electrons. The molecule has 2 N–H and O–H groups in total. The van der Waals surface area contributed by atoms with Crippen LogP contribution in [0, 0.1) is 0 Å². The number of imidazole rings is 1. The van der Waals surface area contributed by atoms with Gasteiger partial charge in [-0.2, -0.15) is 0 Å². The van der Waals surface area contributed by atoms with Gasteiger partial charge in [-0.25, -0.2) is 15.0 Å². The minimum absolute atomic E-state index is 0.616. The van der Waals surface area contributed by atoms with E-state index in [4.69, 9.17) is 0 Å². The van der Waals surface area contributed by atoms with Gasteiger partial charge in [0.2, 0.25) is 5.13 Å². The average Bonchev–Trinajstić information content (AvgIpc) is 3.20. The van der Waals surface area contributed by atoms with E-state index in [2.05, 4.69) is 35.5 Å². The highest BCUT2D eigenvalue weighted by Crippen LogP contribution is 2.31. The van der Waals surface area contributed by atoms with Crippen LogP contribution in [0.3, 0.4) is 0 Å². The van der Waals surface area contributed by atoms with Crippen molar-refractivity contribution in [3.63, 3.8) is 0 Å². The lowest BCUT2D eigenvalue weighted by atomic mass is 10.5. The van der Waals surface area contributed by atoms with Gasteiger partial charge in [0, 0.05) is 0 Å². The van der Waals surface area contributed by atoms with Crippen molar-refractivity contribution in [2.75, 3.05) is 5.32 Å². The SMILES string of the molecule is c1csc(-c2nnc(Nc3ncnc4nc[nH]c34)s2)c1. The summed E-state index contributed by atoms with van der Waals surface area (Å²) in [6.45, 7) is 0. The number of H-pyrrole nitrogens is 1. The van der Waals surface area contributed by atoms with Crippen molar-refractivity contribution < 1.29 is 0 Å².